The Morgan fingerprint density at radius 2 is 2.35 bits per heavy atom. The number of thiophene rings is 1. The number of methoxy groups -OCH3 is 1. The summed E-state index contributed by atoms with van der Waals surface area (Å²) in [6, 6.07) is 3.66. The molecule has 1 atom stereocenters. The number of nitrogens with one attached hydrogen (secondary N) is 1. The standard InChI is InChI=1S/C11H18N2O3S/c1-3-4-9(8-16-2)12-7-10-5-6-11(17-10)13(14)15/h5-6,9,12H,3-4,7-8H2,1-2H3. The molecule has 5 nitrogen and oxygen atoms in total. The summed E-state index contributed by atoms with van der Waals surface area (Å²) in [6.07, 6.45) is 2.13. The molecule has 6 heteroatoms. The summed E-state index contributed by atoms with van der Waals surface area (Å²) in [5.41, 5.74) is 0. The monoisotopic (exact) mass is 258 g/mol. The van der Waals surface area contributed by atoms with E-state index in [-0.39, 0.29) is 9.92 Å². The predicted molar refractivity (Wildman–Crippen MR) is 68.4 cm³/mol. The molecule has 1 aromatic heterocycles. The SMILES string of the molecule is CCCC(COC)NCc1ccc([N+](=O)[O-])s1. The van der Waals surface area contributed by atoms with Crippen molar-refractivity contribution >= 4 is 16.3 Å². The lowest BCUT2D eigenvalue weighted by molar-refractivity contribution is -0.380. The van der Waals surface area contributed by atoms with Crippen molar-refractivity contribution in [3.63, 3.8) is 0 Å². The lowest BCUT2D eigenvalue weighted by atomic mass is 10.2. The van der Waals surface area contributed by atoms with Gasteiger partial charge in [-0.05, 0) is 12.5 Å². The molecule has 1 heterocycles. The van der Waals surface area contributed by atoms with Gasteiger partial charge in [-0.25, -0.2) is 0 Å². The van der Waals surface area contributed by atoms with Gasteiger partial charge in [0.05, 0.1) is 11.5 Å². The minimum Gasteiger partial charge on any atom is -0.383 e. The van der Waals surface area contributed by atoms with E-state index < -0.39 is 0 Å². The number of hydrogen-bond acceptors (Lipinski definition) is 5. The quantitative estimate of drug-likeness (QED) is 0.575. The van der Waals surface area contributed by atoms with Crippen LogP contribution in [0.2, 0.25) is 0 Å². The van der Waals surface area contributed by atoms with Gasteiger partial charge in [-0.1, -0.05) is 24.7 Å². The van der Waals surface area contributed by atoms with Gasteiger partial charge in [-0.3, -0.25) is 10.1 Å². The second kappa shape index (κ2) is 7.37. The Hall–Kier alpha value is -0.980. The molecule has 0 aliphatic heterocycles. The first kappa shape index (κ1) is 14.1. The van der Waals surface area contributed by atoms with Crippen molar-refractivity contribution in [3.05, 3.63) is 27.1 Å². The zero-order valence-corrected chi connectivity index (χ0v) is 11.0. The van der Waals surface area contributed by atoms with Gasteiger partial charge in [0, 0.05) is 30.6 Å². The van der Waals surface area contributed by atoms with Gasteiger partial charge in [0.1, 0.15) is 0 Å². The van der Waals surface area contributed by atoms with E-state index in [1.165, 1.54) is 11.3 Å². The Morgan fingerprint density at radius 1 is 1.59 bits per heavy atom. The molecule has 96 valence electrons. The van der Waals surface area contributed by atoms with Gasteiger partial charge >= 0.3 is 5.00 Å². The summed E-state index contributed by atoms with van der Waals surface area (Å²) >= 11 is 1.22. The fourth-order valence-corrected chi connectivity index (χ4v) is 2.37. The molecule has 0 amide bonds. The van der Waals surface area contributed by atoms with Crippen molar-refractivity contribution < 1.29 is 9.66 Å². The molecule has 1 N–H and O–H groups in total. The summed E-state index contributed by atoms with van der Waals surface area (Å²) in [6.45, 7) is 3.45. The molecule has 0 aliphatic rings. The molecule has 0 aliphatic carbocycles. The predicted octanol–water partition coefficient (Wildman–Crippen LogP) is 2.56. The third-order valence-corrected chi connectivity index (χ3v) is 3.43. The third kappa shape index (κ3) is 4.80. The number of ether oxygens (including phenoxy) is 1. The van der Waals surface area contributed by atoms with E-state index >= 15 is 0 Å². The molecule has 0 radical (unpaired) electrons. The van der Waals surface area contributed by atoms with Crippen LogP contribution in [0.25, 0.3) is 0 Å². The summed E-state index contributed by atoms with van der Waals surface area (Å²) < 4.78 is 5.12. The zero-order valence-electron chi connectivity index (χ0n) is 10.1. The average molecular weight is 258 g/mol. The highest BCUT2D eigenvalue weighted by atomic mass is 32.1. The van der Waals surface area contributed by atoms with E-state index in [0.29, 0.717) is 19.2 Å². The Kier molecular flexibility index (Phi) is 6.10. The normalized spacial score (nSPS) is 12.6. The maximum absolute atomic E-state index is 10.5. The van der Waals surface area contributed by atoms with Crippen molar-refractivity contribution in [3.8, 4) is 0 Å². The molecular formula is C11H18N2O3S. The van der Waals surface area contributed by atoms with Crippen LogP contribution in [0.4, 0.5) is 5.00 Å². The van der Waals surface area contributed by atoms with Crippen LogP contribution in [0, 0.1) is 10.1 Å². The minimum absolute atomic E-state index is 0.195. The lowest BCUT2D eigenvalue weighted by Crippen LogP contribution is -2.32. The smallest absolute Gasteiger partial charge is 0.324 e. The van der Waals surface area contributed by atoms with Crippen LogP contribution < -0.4 is 5.32 Å². The number of rotatable bonds is 8. The Morgan fingerprint density at radius 3 is 2.88 bits per heavy atom. The van der Waals surface area contributed by atoms with Gasteiger partial charge in [0.25, 0.3) is 0 Å². The van der Waals surface area contributed by atoms with E-state index in [4.69, 9.17) is 4.74 Å². The van der Waals surface area contributed by atoms with Gasteiger partial charge in [0.15, 0.2) is 0 Å². The van der Waals surface area contributed by atoms with E-state index in [0.717, 1.165) is 17.7 Å². The number of nitro groups is 1. The molecule has 1 rings (SSSR count). The van der Waals surface area contributed by atoms with Crippen molar-refractivity contribution in [2.24, 2.45) is 0 Å². The van der Waals surface area contributed by atoms with Crippen LogP contribution in [0.1, 0.15) is 24.6 Å². The van der Waals surface area contributed by atoms with Crippen molar-refractivity contribution in [2.75, 3.05) is 13.7 Å². The lowest BCUT2D eigenvalue weighted by Gasteiger charge is -2.16. The molecule has 17 heavy (non-hydrogen) atoms. The van der Waals surface area contributed by atoms with Gasteiger partial charge in [0.2, 0.25) is 0 Å². The van der Waals surface area contributed by atoms with Crippen molar-refractivity contribution in [1.82, 2.24) is 5.32 Å². The molecule has 0 saturated carbocycles. The summed E-state index contributed by atoms with van der Waals surface area (Å²) in [5, 5.41) is 14.1. The van der Waals surface area contributed by atoms with Crippen molar-refractivity contribution in [2.45, 2.75) is 32.4 Å². The molecule has 1 unspecified atom stereocenters. The van der Waals surface area contributed by atoms with Crippen LogP contribution in [-0.2, 0) is 11.3 Å². The fourth-order valence-electron chi connectivity index (χ4n) is 1.60. The Balaban J connectivity index is 2.44. The molecule has 0 bridgehead atoms. The van der Waals surface area contributed by atoms with Crippen LogP contribution >= 0.6 is 11.3 Å². The van der Waals surface area contributed by atoms with Crippen LogP contribution in [0.5, 0.6) is 0 Å². The Bertz CT molecular complexity index is 348. The van der Waals surface area contributed by atoms with E-state index in [9.17, 15) is 10.1 Å². The highest BCUT2D eigenvalue weighted by Gasteiger charge is 2.11. The highest BCUT2D eigenvalue weighted by molar-refractivity contribution is 7.15. The van der Waals surface area contributed by atoms with E-state index in [2.05, 4.69) is 12.2 Å². The van der Waals surface area contributed by atoms with Crippen LogP contribution in [0.3, 0.4) is 0 Å². The van der Waals surface area contributed by atoms with Crippen LogP contribution in [-0.4, -0.2) is 24.7 Å². The van der Waals surface area contributed by atoms with Gasteiger partial charge < -0.3 is 10.1 Å². The minimum atomic E-state index is -0.354. The number of hydrogen-bond donors (Lipinski definition) is 1. The summed E-state index contributed by atoms with van der Waals surface area (Å²) in [4.78, 5) is 11.2. The second-order valence-corrected chi connectivity index (χ2v) is 4.97. The zero-order chi connectivity index (χ0) is 12.7. The largest absolute Gasteiger partial charge is 0.383 e. The van der Waals surface area contributed by atoms with E-state index in [1.54, 1.807) is 19.2 Å². The number of nitrogens with zero attached hydrogens (tertiary/aromatic N) is 1. The Labute approximate surface area is 105 Å². The summed E-state index contributed by atoms with van der Waals surface area (Å²) in [5.74, 6) is 0. The maximum atomic E-state index is 10.5. The van der Waals surface area contributed by atoms with Crippen LogP contribution in [0.15, 0.2) is 12.1 Å². The molecule has 0 fully saturated rings. The first-order chi connectivity index (χ1) is 8.17. The first-order valence-electron chi connectivity index (χ1n) is 5.62. The maximum Gasteiger partial charge on any atom is 0.324 e. The van der Waals surface area contributed by atoms with E-state index in [1.807, 2.05) is 0 Å². The highest BCUT2D eigenvalue weighted by Crippen LogP contribution is 2.23. The second-order valence-electron chi connectivity index (χ2n) is 3.82. The van der Waals surface area contributed by atoms with Gasteiger partial charge in [-0.2, -0.15) is 0 Å². The molecular weight excluding hydrogens is 240 g/mol. The molecule has 0 saturated heterocycles. The molecule has 1 aromatic rings. The molecule has 0 aromatic carbocycles. The average Bonchev–Trinajstić information content (AvgIpc) is 2.75. The summed E-state index contributed by atoms with van der Waals surface area (Å²) in [7, 11) is 1.68. The van der Waals surface area contributed by atoms with Crippen molar-refractivity contribution in [1.29, 1.82) is 0 Å². The fraction of sp³-hybridized carbons (Fsp3) is 0.636. The topological polar surface area (TPSA) is 64.4 Å². The molecule has 0 spiro atoms. The first-order valence-corrected chi connectivity index (χ1v) is 6.44. The van der Waals surface area contributed by atoms with Gasteiger partial charge in [-0.15, -0.1) is 0 Å². The third-order valence-electron chi connectivity index (χ3n) is 2.40.